The fraction of sp³-hybridized carbons (Fsp3) is 0.200. The van der Waals surface area contributed by atoms with Crippen molar-refractivity contribution >= 4 is 23.4 Å². The lowest BCUT2D eigenvalue weighted by molar-refractivity contribution is -0.114. The maximum atomic E-state index is 12.1. The monoisotopic (exact) mass is 288 g/mol. The zero-order chi connectivity index (χ0) is 15.4. The van der Waals surface area contributed by atoms with Crippen LogP contribution in [-0.4, -0.2) is 18.9 Å². The van der Waals surface area contributed by atoms with E-state index in [0.29, 0.717) is 11.4 Å². The highest BCUT2D eigenvalue weighted by molar-refractivity contribution is 6.03. The molecule has 0 aliphatic rings. The molecule has 0 unspecified atom stereocenters. The van der Waals surface area contributed by atoms with Gasteiger partial charge in [-0.3, -0.25) is 14.9 Å². The minimum absolute atomic E-state index is 0.0994. The average Bonchev–Trinajstić information content (AvgIpc) is 2.86. The quantitative estimate of drug-likeness (QED) is 0.906. The Morgan fingerprint density at radius 2 is 1.90 bits per heavy atom. The Morgan fingerprint density at radius 3 is 2.57 bits per heavy atom. The lowest BCUT2D eigenvalue weighted by atomic mass is 10.2. The minimum atomic E-state index is -0.421. The van der Waals surface area contributed by atoms with Crippen LogP contribution in [0.3, 0.4) is 0 Å². The Labute approximate surface area is 122 Å². The largest absolute Gasteiger partial charge is 0.495 e. The molecule has 2 aromatic rings. The van der Waals surface area contributed by atoms with E-state index in [1.165, 1.54) is 26.2 Å². The van der Waals surface area contributed by atoms with Crippen LogP contribution in [0.15, 0.2) is 34.7 Å². The van der Waals surface area contributed by atoms with E-state index in [2.05, 4.69) is 10.6 Å². The topological polar surface area (TPSA) is 80.6 Å². The number of carbonyl (C=O) groups is 2. The molecule has 0 spiro atoms. The summed E-state index contributed by atoms with van der Waals surface area (Å²) in [5.74, 6) is 0.195. The highest BCUT2D eigenvalue weighted by Crippen LogP contribution is 2.26. The van der Waals surface area contributed by atoms with Crippen LogP contribution in [0.1, 0.15) is 23.0 Å². The molecule has 2 rings (SSSR count). The molecule has 1 aromatic heterocycles. The van der Waals surface area contributed by atoms with Crippen molar-refractivity contribution in [2.45, 2.75) is 13.8 Å². The Morgan fingerprint density at radius 1 is 1.14 bits per heavy atom. The highest BCUT2D eigenvalue weighted by atomic mass is 16.5. The molecular formula is C15H16N2O4. The number of nitrogens with one attached hydrogen (secondary N) is 2. The van der Waals surface area contributed by atoms with Gasteiger partial charge >= 0.3 is 0 Å². The fourth-order valence-corrected chi connectivity index (χ4v) is 1.80. The molecule has 0 atom stereocenters. The maximum Gasteiger partial charge on any atom is 0.291 e. The van der Waals surface area contributed by atoms with Gasteiger partial charge in [-0.05, 0) is 30.7 Å². The Bertz CT molecular complexity index is 676. The zero-order valence-electron chi connectivity index (χ0n) is 12.0. The molecule has 6 heteroatoms. The number of methoxy groups -OCH3 is 1. The van der Waals surface area contributed by atoms with E-state index in [0.717, 1.165) is 5.56 Å². The predicted octanol–water partition coefficient (Wildman–Crippen LogP) is 2.81. The molecule has 0 fully saturated rings. The van der Waals surface area contributed by atoms with Gasteiger partial charge in [0.25, 0.3) is 5.91 Å². The second-order valence-corrected chi connectivity index (χ2v) is 4.50. The van der Waals surface area contributed by atoms with Gasteiger partial charge in [0.1, 0.15) is 5.75 Å². The third kappa shape index (κ3) is 3.62. The van der Waals surface area contributed by atoms with E-state index < -0.39 is 5.91 Å². The summed E-state index contributed by atoms with van der Waals surface area (Å²) in [6.07, 6.45) is 0. The SMILES string of the molecule is COc1ccc(C)cc1NC(=O)c1ccc(NC(C)=O)o1. The second-order valence-electron chi connectivity index (χ2n) is 4.50. The van der Waals surface area contributed by atoms with Crippen molar-refractivity contribution in [1.82, 2.24) is 0 Å². The van der Waals surface area contributed by atoms with Crippen LogP contribution < -0.4 is 15.4 Å². The number of amides is 2. The summed E-state index contributed by atoms with van der Waals surface area (Å²) in [6.45, 7) is 3.27. The van der Waals surface area contributed by atoms with Crippen LogP contribution in [0, 0.1) is 6.92 Å². The Balaban J connectivity index is 2.16. The first kappa shape index (κ1) is 14.6. The number of hydrogen-bond acceptors (Lipinski definition) is 4. The number of hydrogen-bond donors (Lipinski definition) is 2. The smallest absolute Gasteiger partial charge is 0.291 e. The number of furan rings is 1. The number of ether oxygens (including phenoxy) is 1. The number of anilines is 2. The summed E-state index contributed by atoms with van der Waals surface area (Å²) in [7, 11) is 1.53. The first-order chi connectivity index (χ1) is 9.99. The van der Waals surface area contributed by atoms with Crippen LogP contribution in [-0.2, 0) is 4.79 Å². The highest BCUT2D eigenvalue weighted by Gasteiger charge is 2.14. The van der Waals surface area contributed by atoms with Crippen molar-refractivity contribution in [3.63, 3.8) is 0 Å². The molecule has 0 saturated carbocycles. The lowest BCUT2D eigenvalue weighted by Gasteiger charge is -2.10. The van der Waals surface area contributed by atoms with Gasteiger partial charge in [-0.2, -0.15) is 0 Å². The molecule has 0 radical (unpaired) electrons. The molecule has 6 nitrogen and oxygen atoms in total. The number of carbonyl (C=O) groups excluding carboxylic acids is 2. The van der Waals surface area contributed by atoms with E-state index in [1.807, 2.05) is 13.0 Å². The average molecular weight is 288 g/mol. The third-order valence-electron chi connectivity index (χ3n) is 2.73. The minimum Gasteiger partial charge on any atom is -0.495 e. The summed E-state index contributed by atoms with van der Waals surface area (Å²) in [5, 5.41) is 5.18. The third-order valence-corrected chi connectivity index (χ3v) is 2.73. The molecule has 110 valence electrons. The van der Waals surface area contributed by atoms with Crippen molar-refractivity contribution in [3.05, 3.63) is 41.7 Å². The standard InChI is InChI=1S/C15H16N2O4/c1-9-4-5-12(20-3)11(8-9)17-15(19)13-6-7-14(21-13)16-10(2)18/h4-8H,1-3H3,(H,16,18)(H,17,19). The van der Waals surface area contributed by atoms with E-state index in [1.54, 1.807) is 12.1 Å². The van der Waals surface area contributed by atoms with Crippen LogP contribution in [0.2, 0.25) is 0 Å². The maximum absolute atomic E-state index is 12.1. The normalized spacial score (nSPS) is 10.0. The molecule has 21 heavy (non-hydrogen) atoms. The molecule has 2 N–H and O–H groups in total. The van der Waals surface area contributed by atoms with Gasteiger partial charge in [0.05, 0.1) is 12.8 Å². The summed E-state index contributed by atoms with van der Waals surface area (Å²) >= 11 is 0. The van der Waals surface area contributed by atoms with Crippen molar-refractivity contribution in [3.8, 4) is 5.75 Å². The van der Waals surface area contributed by atoms with E-state index in [-0.39, 0.29) is 17.6 Å². The van der Waals surface area contributed by atoms with E-state index in [9.17, 15) is 9.59 Å². The van der Waals surface area contributed by atoms with Gasteiger partial charge in [-0.1, -0.05) is 6.07 Å². The molecule has 1 aromatic carbocycles. The summed E-state index contributed by atoms with van der Waals surface area (Å²) in [5.41, 5.74) is 1.55. The summed E-state index contributed by atoms with van der Waals surface area (Å²) in [6, 6.07) is 8.47. The summed E-state index contributed by atoms with van der Waals surface area (Å²) < 4.78 is 10.4. The molecule has 1 heterocycles. The first-order valence-corrected chi connectivity index (χ1v) is 6.33. The van der Waals surface area contributed by atoms with Crippen LogP contribution in [0.5, 0.6) is 5.75 Å². The molecular weight excluding hydrogens is 272 g/mol. The molecule has 0 bridgehead atoms. The van der Waals surface area contributed by atoms with Gasteiger partial charge in [0, 0.05) is 13.0 Å². The van der Waals surface area contributed by atoms with Crippen LogP contribution >= 0.6 is 0 Å². The van der Waals surface area contributed by atoms with Gasteiger partial charge in [0.15, 0.2) is 11.6 Å². The molecule has 0 saturated heterocycles. The Hall–Kier alpha value is -2.76. The fourth-order valence-electron chi connectivity index (χ4n) is 1.80. The predicted molar refractivity (Wildman–Crippen MR) is 78.7 cm³/mol. The van der Waals surface area contributed by atoms with Crippen molar-refractivity contribution in [1.29, 1.82) is 0 Å². The zero-order valence-corrected chi connectivity index (χ0v) is 12.0. The summed E-state index contributed by atoms with van der Waals surface area (Å²) in [4.78, 5) is 23.0. The Kier molecular flexibility index (Phi) is 4.27. The van der Waals surface area contributed by atoms with Crippen molar-refractivity contribution < 1.29 is 18.7 Å². The van der Waals surface area contributed by atoms with Crippen molar-refractivity contribution in [2.75, 3.05) is 17.7 Å². The number of aryl methyl sites for hydroxylation is 1. The van der Waals surface area contributed by atoms with Crippen LogP contribution in [0.25, 0.3) is 0 Å². The van der Waals surface area contributed by atoms with E-state index >= 15 is 0 Å². The molecule has 2 amide bonds. The van der Waals surface area contributed by atoms with Crippen LogP contribution in [0.4, 0.5) is 11.6 Å². The van der Waals surface area contributed by atoms with E-state index in [4.69, 9.17) is 9.15 Å². The number of rotatable bonds is 4. The van der Waals surface area contributed by atoms with Crippen molar-refractivity contribution in [2.24, 2.45) is 0 Å². The second kappa shape index (κ2) is 6.13. The molecule has 0 aliphatic carbocycles. The van der Waals surface area contributed by atoms with Gasteiger partial charge < -0.3 is 14.5 Å². The number of benzene rings is 1. The van der Waals surface area contributed by atoms with Gasteiger partial charge in [-0.25, -0.2) is 0 Å². The first-order valence-electron chi connectivity index (χ1n) is 6.33. The van der Waals surface area contributed by atoms with Gasteiger partial charge in [0.2, 0.25) is 5.91 Å². The lowest BCUT2D eigenvalue weighted by Crippen LogP contribution is -2.12. The molecule has 0 aliphatic heterocycles. The van der Waals surface area contributed by atoms with Gasteiger partial charge in [-0.15, -0.1) is 0 Å².